The summed E-state index contributed by atoms with van der Waals surface area (Å²) >= 11 is 0. The van der Waals surface area contributed by atoms with Crippen molar-refractivity contribution in [2.45, 2.75) is 41.5 Å². The molecule has 10 heteroatoms. The van der Waals surface area contributed by atoms with Crippen LogP contribution in [0.3, 0.4) is 0 Å². The van der Waals surface area contributed by atoms with E-state index < -0.39 is 15.2 Å². The Bertz CT molecular complexity index is 937. The van der Waals surface area contributed by atoms with Gasteiger partial charge in [-0.25, -0.2) is 0 Å². The van der Waals surface area contributed by atoms with Gasteiger partial charge < -0.3 is 28.7 Å². The van der Waals surface area contributed by atoms with Crippen LogP contribution in [0.1, 0.15) is 38.8 Å². The van der Waals surface area contributed by atoms with Crippen LogP contribution < -0.4 is 10.6 Å². The first-order chi connectivity index (χ1) is 16.2. The van der Waals surface area contributed by atoms with Gasteiger partial charge in [-0.05, 0) is 65.8 Å². The molecule has 0 saturated carbocycles. The summed E-state index contributed by atoms with van der Waals surface area (Å²) in [5, 5.41) is 6.24. The van der Waals surface area contributed by atoms with Crippen molar-refractivity contribution in [3.05, 3.63) is 70.5 Å². The average Bonchev–Trinajstić information content (AvgIpc) is 2.77. The Morgan fingerprint density at radius 3 is 1.18 bits per heavy atom. The van der Waals surface area contributed by atoms with Gasteiger partial charge in [0.2, 0.25) is 0 Å². The summed E-state index contributed by atoms with van der Waals surface area (Å²) in [6, 6.07) is 15.2. The maximum Gasteiger partial charge on any atom is 0.373 e. The van der Waals surface area contributed by atoms with Gasteiger partial charge in [0.15, 0.2) is 5.06 Å². The van der Waals surface area contributed by atoms with Crippen LogP contribution in [-0.2, 0) is 27.2 Å². The van der Waals surface area contributed by atoms with E-state index in [4.69, 9.17) is 18.1 Å². The molecule has 0 aromatic heterocycles. The largest absolute Gasteiger partial charge is 0.373 e. The molecule has 34 heavy (non-hydrogen) atoms. The van der Waals surface area contributed by atoms with Gasteiger partial charge >= 0.3 is 15.2 Å². The lowest BCUT2D eigenvalue weighted by atomic mass is 10.2. The second-order valence-corrected chi connectivity index (χ2v) is 11.6. The molecule has 2 aromatic carbocycles. The fourth-order valence-corrected chi connectivity index (χ4v) is 7.79. The Labute approximate surface area is 203 Å². The van der Waals surface area contributed by atoms with Gasteiger partial charge in [0.25, 0.3) is 0 Å². The second kappa shape index (κ2) is 13.2. The maximum atomic E-state index is 14.1. The van der Waals surface area contributed by atoms with Crippen LogP contribution in [-0.4, -0.2) is 26.4 Å². The summed E-state index contributed by atoms with van der Waals surface area (Å²) in [6.45, 7) is 11.0. The number of nitrogens with one attached hydrogen (secondary N) is 2. The molecule has 0 fully saturated rings. The van der Waals surface area contributed by atoms with E-state index in [0.29, 0.717) is 11.4 Å². The van der Waals surface area contributed by atoms with E-state index in [0.717, 1.165) is 11.1 Å². The zero-order chi connectivity index (χ0) is 25.2. The van der Waals surface area contributed by atoms with Crippen LogP contribution in [0.5, 0.6) is 0 Å². The maximum absolute atomic E-state index is 14.1. The molecule has 8 nitrogen and oxygen atoms in total. The molecule has 0 atom stereocenters. The monoisotopic (exact) mass is 510 g/mol. The zero-order valence-electron chi connectivity index (χ0n) is 20.8. The molecule has 188 valence electrons. The highest BCUT2D eigenvalue weighted by atomic mass is 31.2. The molecular weight excluding hydrogens is 474 g/mol. The molecular formula is C24H36N2O6P2. The smallest absolute Gasteiger partial charge is 0.341 e. The summed E-state index contributed by atoms with van der Waals surface area (Å²) in [4.78, 5) is 0. The third kappa shape index (κ3) is 7.54. The fourth-order valence-electron chi connectivity index (χ4n) is 3.13. The highest BCUT2D eigenvalue weighted by Crippen LogP contribution is 2.74. The average molecular weight is 511 g/mol. The Balaban J connectivity index is 2.83. The molecule has 0 aliphatic carbocycles. The van der Waals surface area contributed by atoms with Crippen LogP contribution in [0, 0.1) is 13.8 Å². The topological polar surface area (TPSA) is 95.1 Å². The fraction of sp³-hybridized carbons (Fsp3) is 0.417. The third-order valence-electron chi connectivity index (χ3n) is 4.58. The standard InChI is InChI=1S/C24H36N2O6P2/c1-7-29-33(27,30-8-2)24(34(28,31-9-3)32-10-4)23(25-21-15-11-19(5)12-16-21)26-22-17-13-20(6)14-18-22/h11-18,25-26H,7-10H2,1-6H3. The van der Waals surface area contributed by atoms with Crippen LogP contribution in [0.4, 0.5) is 11.4 Å². The van der Waals surface area contributed by atoms with E-state index in [-0.39, 0.29) is 37.3 Å². The van der Waals surface area contributed by atoms with Crippen molar-refractivity contribution in [3.8, 4) is 0 Å². The number of benzene rings is 2. The van der Waals surface area contributed by atoms with Crippen LogP contribution in [0.15, 0.2) is 59.4 Å². The van der Waals surface area contributed by atoms with Gasteiger partial charge in [0.05, 0.1) is 26.4 Å². The van der Waals surface area contributed by atoms with E-state index in [1.54, 1.807) is 27.7 Å². The molecule has 0 aliphatic rings. The zero-order valence-corrected chi connectivity index (χ0v) is 22.6. The van der Waals surface area contributed by atoms with Crippen molar-refractivity contribution in [1.29, 1.82) is 0 Å². The molecule has 0 spiro atoms. The molecule has 0 unspecified atom stereocenters. The molecule has 2 aromatic rings. The van der Waals surface area contributed by atoms with Crippen molar-refractivity contribution in [1.82, 2.24) is 0 Å². The van der Waals surface area contributed by atoms with Crippen LogP contribution in [0.2, 0.25) is 0 Å². The highest BCUT2D eigenvalue weighted by Gasteiger charge is 2.48. The van der Waals surface area contributed by atoms with E-state index in [2.05, 4.69) is 10.6 Å². The first-order valence-corrected chi connectivity index (χ1v) is 14.5. The van der Waals surface area contributed by atoms with Gasteiger partial charge in [0, 0.05) is 11.4 Å². The predicted octanol–water partition coefficient (Wildman–Crippen LogP) is 7.49. The first-order valence-electron chi connectivity index (χ1n) is 11.4. The molecule has 0 amide bonds. The van der Waals surface area contributed by atoms with Crippen LogP contribution in [0.25, 0.3) is 0 Å². The van der Waals surface area contributed by atoms with E-state index >= 15 is 0 Å². The molecule has 0 heterocycles. The Morgan fingerprint density at radius 1 is 0.618 bits per heavy atom. The van der Waals surface area contributed by atoms with E-state index in [9.17, 15) is 9.13 Å². The minimum Gasteiger partial charge on any atom is -0.341 e. The van der Waals surface area contributed by atoms with E-state index in [1.165, 1.54) is 0 Å². The molecule has 2 N–H and O–H groups in total. The van der Waals surface area contributed by atoms with Crippen molar-refractivity contribution >= 4 is 26.6 Å². The van der Waals surface area contributed by atoms with Gasteiger partial charge in [-0.2, -0.15) is 0 Å². The lowest BCUT2D eigenvalue weighted by Gasteiger charge is -2.29. The SMILES string of the molecule is CCOP(=O)(OCC)C(=C(Nc1ccc(C)cc1)Nc1ccc(C)cc1)P(=O)(OCC)OCC. The molecule has 0 aliphatic heterocycles. The Hall–Kier alpha value is -1.92. The number of anilines is 2. The van der Waals surface area contributed by atoms with E-state index in [1.807, 2.05) is 62.4 Å². The minimum atomic E-state index is -4.12. The quantitative estimate of drug-likeness (QED) is 0.253. The van der Waals surface area contributed by atoms with Crippen molar-refractivity contribution in [2.24, 2.45) is 0 Å². The van der Waals surface area contributed by atoms with Crippen LogP contribution >= 0.6 is 15.2 Å². The lowest BCUT2D eigenvalue weighted by molar-refractivity contribution is 0.214. The normalized spacial score (nSPS) is 11.8. The van der Waals surface area contributed by atoms with Gasteiger partial charge in [-0.1, -0.05) is 35.4 Å². The molecule has 0 saturated heterocycles. The minimum absolute atomic E-state index is 0.0708. The summed E-state index contributed by atoms with van der Waals surface area (Å²) in [5.41, 5.74) is 3.51. The Kier molecular flexibility index (Phi) is 11.0. The molecule has 0 radical (unpaired) electrons. The van der Waals surface area contributed by atoms with Crippen molar-refractivity contribution in [3.63, 3.8) is 0 Å². The molecule has 0 bridgehead atoms. The van der Waals surface area contributed by atoms with Gasteiger partial charge in [-0.15, -0.1) is 0 Å². The summed E-state index contributed by atoms with van der Waals surface area (Å²) in [7, 11) is -8.24. The number of hydrogen-bond acceptors (Lipinski definition) is 8. The first kappa shape index (κ1) is 28.3. The highest BCUT2D eigenvalue weighted by molar-refractivity contribution is 7.78. The number of rotatable bonds is 14. The summed E-state index contributed by atoms with van der Waals surface area (Å²) in [5.74, 6) is 0.156. The summed E-state index contributed by atoms with van der Waals surface area (Å²) in [6.07, 6.45) is 0. The molecule has 2 rings (SSSR count). The Morgan fingerprint density at radius 2 is 0.912 bits per heavy atom. The van der Waals surface area contributed by atoms with Crippen molar-refractivity contribution in [2.75, 3.05) is 37.1 Å². The summed E-state index contributed by atoms with van der Waals surface area (Å²) < 4.78 is 50.8. The third-order valence-corrected chi connectivity index (χ3v) is 9.93. The van der Waals surface area contributed by atoms with Gasteiger partial charge in [0.1, 0.15) is 5.82 Å². The second-order valence-electron chi connectivity index (χ2n) is 7.35. The predicted molar refractivity (Wildman–Crippen MR) is 138 cm³/mol. The number of aryl methyl sites for hydroxylation is 2. The van der Waals surface area contributed by atoms with Crippen molar-refractivity contribution < 1.29 is 27.2 Å². The van der Waals surface area contributed by atoms with Gasteiger partial charge in [-0.3, -0.25) is 9.13 Å². The number of hydrogen-bond donors (Lipinski definition) is 2. The lowest BCUT2D eigenvalue weighted by Crippen LogP contribution is -2.17.